The average Bonchev–Trinajstić information content (AvgIpc) is 2.36. The van der Waals surface area contributed by atoms with Crippen LogP contribution in [0.15, 0.2) is 43.9 Å². The van der Waals surface area contributed by atoms with Crippen LogP contribution in [0.25, 0.3) is 0 Å². The third-order valence-corrected chi connectivity index (χ3v) is 9.18. The van der Waals surface area contributed by atoms with Crippen molar-refractivity contribution in [1.29, 1.82) is 0 Å². The van der Waals surface area contributed by atoms with Gasteiger partial charge in [-0.1, -0.05) is 18.2 Å². The molecular formula is C8H8F6N3O2P3. The molecule has 22 heavy (non-hydrogen) atoms. The van der Waals surface area contributed by atoms with E-state index in [2.05, 4.69) is 22.6 Å². The van der Waals surface area contributed by atoms with E-state index in [-0.39, 0.29) is 5.75 Å². The number of alkyl halides is 3. The number of hydrogen-bond acceptors (Lipinski definition) is 5. The number of benzene rings is 1. The van der Waals surface area contributed by atoms with E-state index in [9.17, 15) is 25.8 Å². The lowest BCUT2D eigenvalue weighted by molar-refractivity contribution is -0.0465. The normalized spacial score (nSPS) is 35.0. The predicted octanol–water partition coefficient (Wildman–Crippen LogP) is 7.08. The van der Waals surface area contributed by atoms with Crippen LogP contribution in [0.3, 0.4) is 0 Å². The Bertz CT molecular complexity index is 734. The van der Waals surface area contributed by atoms with Crippen LogP contribution in [-0.2, 0) is 4.52 Å². The Hall–Kier alpha value is -0.750. The zero-order chi connectivity index (χ0) is 16.6. The Morgan fingerprint density at radius 2 is 1.50 bits per heavy atom. The number of hydrogen-bond donors (Lipinski definition) is 0. The smallest absolute Gasteiger partial charge is 0.419 e. The van der Waals surface area contributed by atoms with Crippen LogP contribution in [0, 0.1) is 0 Å². The summed E-state index contributed by atoms with van der Waals surface area (Å²) in [5.74, 6) is -5.94. The molecule has 0 amide bonds. The molecule has 0 aliphatic carbocycles. The second-order valence-electron chi connectivity index (χ2n) is 3.79. The zero-order valence-corrected chi connectivity index (χ0v) is 13.3. The summed E-state index contributed by atoms with van der Waals surface area (Å²) in [4.78, 5) is 0. The van der Waals surface area contributed by atoms with Gasteiger partial charge in [0.05, 0.1) is 0 Å². The molecule has 1 aromatic rings. The Morgan fingerprint density at radius 1 is 0.909 bits per heavy atom. The summed E-state index contributed by atoms with van der Waals surface area (Å²) in [5, 5.41) is 0. The highest BCUT2D eigenvalue weighted by molar-refractivity contribution is 7.80. The highest BCUT2D eigenvalue weighted by atomic mass is 31.3. The summed E-state index contributed by atoms with van der Waals surface area (Å²) in [7, 11) is -16.0. The topological polar surface area (TPSA) is 55.5 Å². The molecule has 1 aliphatic heterocycles. The lowest BCUT2D eigenvalue weighted by atomic mass is 10.3. The molecule has 3 atom stereocenters. The first-order chi connectivity index (χ1) is 10.0. The number of nitrogens with zero attached hydrogens (tertiary/aromatic N) is 3. The van der Waals surface area contributed by atoms with Crippen molar-refractivity contribution in [2.24, 2.45) is 13.5 Å². The fraction of sp³-hybridized carbons (Fsp3) is 0.250. The van der Waals surface area contributed by atoms with Crippen molar-refractivity contribution in [2.75, 3.05) is 7.11 Å². The van der Waals surface area contributed by atoms with Gasteiger partial charge < -0.3 is 9.05 Å². The number of para-hydroxylation sites is 1. The van der Waals surface area contributed by atoms with Gasteiger partial charge in [0.15, 0.2) is 0 Å². The van der Waals surface area contributed by atoms with E-state index in [1.165, 1.54) is 30.3 Å². The second kappa shape index (κ2) is 5.71. The molecule has 1 heterocycles. The molecule has 1 aliphatic rings. The van der Waals surface area contributed by atoms with Crippen molar-refractivity contribution in [1.82, 2.24) is 0 Å². The zero-order valence-electron chi connectivity index (χ0n) is 10.7. The summed E-state index contributed by atoms with van der Waals surface area (Å²) < 4.78 is 96.7. The Morgan fingerprint density at radius 3 is 2.00 bits per heavy atom. The van der Waals surface area contributed by atoms with Gasteiger partial charge in [-0.25, -0.2) is 0 Å². The Labute approximate surface area is 121 Å². The lowest BCUT2D eigenvalue weighted by Crippen LogP contribution is -2.05. The van der Waals surface area contributed by atoms with E-state index in [1.807, 2.05) is 0 Å². The van der Waals surface area contributed by atoms with Gasteiger partial charge >= 0.3 is 28.9 Å². The van der Waals surface area contributed by atoms with Crippen molar-refractivity contribution in [3.63, 3.8) is 0 Å². The maximum absolute atomic E-state index is 14.5. The van der Waals surface area contributed by atoms with Crippen LogP contribution in [0.5, 0.6) is 5.75 Å². The first kappa shape index (κ1) is 17.6. The second-order valence-corrected chi connectivity index (χ2v) is 9.94. The molecular weight excluding hydrogens is 377 g/mol. The third-order valence-electron chi connectivity index (χ3n) is 2.20. The fourth-order valence-corrected chi connectivity index (χ4v) is 8.21. The van der Waals surface area contributed by atoms with E-state index in [1.54, 1.807) is 0 Å². The molecule has 0 saturated carbocycles. The van der Waals surface area contributed by atoms with E-state index in [0.29, 0.717) is 7.11 Å². The molecule has 14 heteroatoms. The minimum atomic E-state index is -6.19. The lowest BCUT2D eigenvalue weighted by Gasteiger charge is -2.24. The summed E-state index contributed by atoms with van der Waals surface area (Å²) in [6, 6.07) is 6.63. The van der Waals surface area contributed by atoms with Gasteiger partial charge in [0, 0.05) is 7.11 Å². The van der Waals surface area contributed by atoms with E-state index < -0.39 is 28.9 Å². The maximum Gasteiger partial charge on any atom is 0.472 e. The predicted molar refractivity (Wildman–Crippen MR) is 71.5 cm³/mol. The molecule has 0 aromatic heterocycles. The van der Waals surface area contributed by atoms with E-state index in [0.717, 1.165) is 0 Å². The summed E-state index contributed by atoms with van der Waals surface area (Å²) in [5.41, 5.74) is 0. The molecule has 2 rings (SSSR count). The number of rotatable bonds is 3. The Kier molecular flexibility index (Phi) is 4.57. The van der Waals surface area contributed by atoms with Crippen molar-refractivity contribution in [3.05, 3.63) is 30.3 Å². The van der Waals surface area contributed by atoms with Crippen LogP contribution in [0.1, 0.15) is 0 Å². The average molecular weight is 385 g/mol. The van der Waals surface area contributed by atoms with Crippen molar-refractivity contribution < 1.29 is 34.8 Å². The largest absolute Gasteiger partial charge is 0.472 e. The minimum Gasteiger partial charge on any atom is -0.419 e. The Balaban J connectivity index is 2.62. The number of halogens is 6. The molecule has 0 bridgehead atoms. The first-order valence-electron chi connectivity index (χ1n) is 5.39. The maximum atomic E-state index is 14.5. The summed E-state index contributed by atoms with van der Waals surface area (Å²) >= 11 is 0. The van der Waals surface area contributed by atoms with Crippen LogP contribution in [0.2, 0.25) is 0 Å². The monoisotopic (exact) mass is 385 g/mol. The molecule has 5 nitrogen and oxygen atoms in total. The molecule has 0 radical (unpaired) electrons. The van der Waals surface area contributed by atoms with Gasteiger partial charge in [-0.3, -0.25) is 0 Å². The minimum absolute atomic E-state index is 0.274. The van der Waals surface area contributed by atoms with Gasteiger partial charge in [-0.05, 0) is 12.1 Å². The molecule has 0 saturated heterocycles. The van der Waals surface area contributed by atoms with Crippen molar-refractivity contribution in [2.45, 2.75) is 5.92 Å². The van der Waals surface area contributed by atoms with Gasteiger partial charge in [-0.15, -0.1) is 13.2 Å². The molecule has 0 N–H and O–H groups in total. The third kappa shape index (κ3) is 3.59. The van der Waals surface area contributed by atoms with Gasteiger partial charge in [-0.2, -0.15) is 26.1 Å². The standard InChI is InChI=1S/C8H8F6N3O2P3/c1-18-21(13)15-20(12,8(9,10)11)16-22(14,17-21)19-7-5-3-2-4-6-7/h2-6H,1H3. The van der Waals surface area contributed by atoms with Gasteiger partial charge in [0.2, 0.25) is 0 Å². The quantitative estimate of drug-likeness (QED) is 0.413. The van der Waals surface area contributed by atoms with Crippen LogP contribution >= 0.6 is 23.0 Å². The summed E-state index contributed by atoms with van der Waals surface area (Å²) in [6.07, 6.45) is 0. The van der Waals surface area contributed by atoms with Crippen LogP contribution in [0.4, 0.5) is 25.8 Å². The first-order valence-corrected chi connectivity index (χ1v) is 9.98. The van der Waals surface area contributed by atoms with Gasteiger partial charge in [0.1, 0.15) is 5.75 Å². The highest BCUT2D eigenvalue weighted by Gasteiger charge is 2.56. The molecule has 124 valence electrons. The molecule has 1 aromatic carbocycles. The SMILES string of the molecule is COP1(F)=NP(F)(Oc2ccccc2)=NP(F)(C(F)(F)F)=N1. The van der Waals surface area contributed by atoms with E-state index >= 15 is 0 Å². The van der Waals surface area contributed by atoms with Crippen LogP contribution < -0.4 is 4.52 Å². The van der Waals surface area contributed by atoms with Crippen LogP contribution in [-0.4, -0.2) is 13.0 Å². The summed E-state index contributed by atoms with van der Waals surface area (Å²) in [6.45, 7) is 0. The van der Waals surface area contributed by atoms with Crippen molar-refractivity contribution >= 4 is 23.0 Å². The molecule has 3 unspecified atom stereocenters. The van der Waals surface area contributed by atoms with Crippen molar-refractivity contribution in [3.8, 4) is 5.75 Å². The van der Waals surface area contributed by atoms with E-state index in [4.69, 9.17) is 0 Å². The molecule has 0 fully saturated rings. The fourth-order valence-electron chi connectivity index (χ4n) is 1.31. The van der Waals surface area contributed by atoms with Gasteiger partial charge in [0.25, 0.3) is 0 Å². The molecule has 0 spiro atoms. The highest BCUT2D eigenvalue weighted by Crippen LogP contribution is 2.84.